The van der Waals surface area contributed by atoms with Gasteiger partial charge in [0.25, 0.3) is 0 Å². The molecule has 1 saturated heterocycles. The van der Waals surface area contributed by atoms with Crippen molar-refractivity contribution in [1.82, 2.24) is 15.5 Å². The fraction of sp³-hybridized carbons (Fsp3) is 0.438. The van der Waals surface area contributed by atoms with Gasteiger partial charge in [-0.1, -0.05) is 30.3 Å². The summed E-state index contributed by atoms with van der Waals surface area (Å²) in [6.45, 7) is 0.539. The summed E-state index contributed by atoms with van der Waals surface area (Å²) in [5.74, 6) is -1.60. The summed E-state index contributed by atoms with van der Waals surface area (Å²) < 4.78 is 0. The van der Waals surface area contributed by atoms with Crippen LogP contribution < -0.4 is 10.6 Å². The molecule has 0 spiro atoms. The van der Waals surface area contributed by atoms with E-state index < -0.39 is 18.1 Å². The van der Waals surface area contributed by atoms with Crippen LogP contribution in [-0.4, -0.2) is 54.0 Å². The Morgan fingerprint density at radius 2 is 2.00 bits per heavy atom. The first kappa shape index (κ1) is 17.0. The van der Waals surface area contributed by atoms with Gasteiger partial charge in [-0.25, -0.2) is 0 Å². The Balaban J connectivity index is 2.03. The van der Waals surface area contributed by atoms with Gasteiger partial charge in [-0.05, 0) is 24.9 Å². The summed E-state index contributed by atoms with van der Waals surface area (Å²) >= 11 is 0. The van der Waals surface area contributed by atoms with E-state index in [0.29, 0.717) is 18.5 Å². The minimum absolute atomic E-state index is 0.0305. The van der Waals surface area contributed by atoms with Gasteiger partial charge in [-0.2, -0.15) is 0 Å². The van der Waals surface area contributed by atoms with Gasteiger partial charge in [0.1, 0.15) is 12.1 Å². The second kappa shape index (κ2) is 7.73. The summed E-state index contributed by atoms with van der Waals surface area (Å²) in [7, 11) is 1.51. The standard InChI is InChI=1S/C16H21N3O4/c1-17-15(21)14(11-6-3-2-4-7-11)18-13(20)10-19-9-5-8-12(19)16(22)23/h2-4,6-7,12,14H,5,8-10H2,1H3,(H,17,21)(H,18,20)(H,22,23). The molecule has 0 aliphatic carbocycles. The van der Waals surface area contributed by atoms with Gasteiger partial charge < -0.3 is 15.7 Å². The Morgan fingerprint density at radius 3 is 2.61 bits per heavy atom. The van der Waals surface area contributed by atoms with E-state index in [0.717, 1.165) is 6.42 Å². The van der Waals surface area contributed by atoms with Crippen molar-refractivity contribution >= 4 is 17.8 Å². The molecule has 1 heterocycles. The first-order valence-corrected chi connectivity index (χ1v) is 7.55. The quantitative estimate of drug-likeness (QED) is 0.693. The number of aliphatic carboxylic acids is 1. The highest BCUT2D eigenvalue weighted by molar-refractivity contribution is 5.89. The zero-order chi connectivity index (χ0) is 16.8. The Bertz CT molecular complexity index is 576. The van der Waals surface area contributed by atoms with Gasteiger partial charge in [-0.3, -0.25) is 19.3 Å². The topological polar surface area (TPSA) is 98.7 Å². The number of likely N-dealkylation sites (tertiary alicyclic amines) is 1. The zero-order valence-electron chi connectivity index (χ0n) is 13.0. The fourth-order valence-corrected chi connectivity index (χ4v) is 2.78. The molecule has 1 aromatic rings. The lowest BCUT2D eigenvalue weighted by Gasteiger charge is -2.23. The van der Waals surface area contributed by atoms with E-state index in [9.17, 15) is 14.4 Å². The molecule has 0 saturated carbocycles. The van der Waals surface area contributed by atoms with Crippen LogP contribution in [0.4, 0.5) is 0 Å². The van der Waals surface area contributed by atoms with Gasteiger partial charge in [0.05, 0.1) is 6.54 Å². The van der Waals surface area contributed by atoms with Crippen molar-refractivity contribution in [1.29, 1.82) is 0 Å². The highest BCUT2D eigenvalue weighted by Crippen LogP contribution is 2.17. The highest BCUT2D eigenvalue weighted by atomic mass is 16.4. The number of carbonyl (C=O) groups is 3. The third-order valence-corrected chi connectivity index (χ3v) is 3.94. The van der Waals surface area contributed by atoms with Crippen molar-refractivity contribution in [3.8, 4) is 0 Å². The lowest BCUT2D eigenvalue weighted by Crippen LogP contribution is -2.46. The number of carbonyl (C=O) groups excluding carboxylic acids is 2. The molecule has 1 aliphatic heterocycles. The average molecular weight is 319 g/mol. The molecule has 1 aliphatic rings. The summed E-state index contributed by atoms with van der Waals surface area (Å²) in [5, 5.41) is 14.4. The monoisotopic (exact) mass is 319 g/mol. The van der Waals surface area contributed by atoms with Crippen LogP contribution in [0.15, 0.2) is 30.3 Å². The van der Waals surface area contributed by atoms with E-state index in [-0.39, 0.29) is 18.4 Å². The number of nitrogens with zero attached hydrogens (tertiary/aromatic N) is 1. The van der Waals surface area contributed by atoms with Crippen LogP contribution in [0.3, 0.4) is 0 Å². The molecule has 3 N–H and O–H groups in total. The summed E-state index contributed by atoms with van der Waals surface area (Å²) in [5.41, 5.74) is 0.677. The predicted octanol–water partition coefficient (Wildman–Crippen LogP) is 0.139. The normalized spacial score (nSPS) is 19.1. The number of nitrogens with one attached hydrogen (secondary N) is 2. The van der Waals surface area contributed by atoms with Crippen molar-refractivity contribution in [2.24, 2.45) is 0 Å². The van der Waals surface area contributed by atoms with Gasteiger partial charge in [0.2, 0.25) is 11.8 Å². The maximum atomic E-state index is 12.2. The van der Waals surface area contributed by atoms with Gasteiger partial charge in [-0.15, -0.1) is 0 Å². The van der Waals surface area contributed by atoms with E-state index in [1.54, 1.807) is 29.2 Å². The van der Waals surface area contributed by atoms with Gasteiger partial charge >= 0.3 is 5.97 Å². The first-order chi connectivity index (χ1) is 11.0. The Morgan fingerprint density at radius 1 is 1.30 bits per heavy atom. The predicted molar refractivity (Wildman–Crippen MR) is 83.6 cm³/mol. The molecule has 2 atom stereocenters. The second-order valence-corrected chi connectivity index (χ2v) is 5.49. The average Bonchev–Trinajstić information content (AvgIpc) is 3.01. The second-order valence-electron chi connectivity index (χ2n) is 5.49. The maximum Gasteiger partial charge on any atom is 0.320 e. The van der Waals surface area contributed by atoms with Crippen LogP contribution in [0.5, 0.6) is 0 Å². The number of carboxylic acids is 1. The molecule has 0 bridgehead atoms. The smallest absolute Gasteiger partial charge is 0.320 e. The molecule has 2 amide bonds. The molecule has 124 valence electrons. The minimum Gasteiger partial charge on any atom is -0.480 e. The number of hydrogen-bond donors (Lipinski definition) is 3. The highest BCUT2D eigenvalue weighted by Gasteiger charge is 2.32. The van der Waals surface area contributed by atoms with E-state index in [1.807, 2.05) is 6.07 Å². The minimum atomic E-state index is -0.916. The van der Waals surface area contributed by atoms with Crippen molar-refractivity contribution in [2.75, 3.05) is 20.1 Å². The Kier molecular flexibility index (Phi) is 5.70. The molecule has 7 nitrogen and oxygen atoms in total. The van der Waals surface area contributed by atoms with Crippen LogP contribution in [0.1, 0.15) is 24.4 Å². The molecule has 0 aromatic heterocycles. The zero-order valence-corrected chi connectivity index (χ0v) is 13.0. The lowest BCUT2D eigenvalue weighted by atomic mass is 10.1. The van der Waals surface area contributed by atoms with E-state index >= 15 is 0 Å². The number of amides is 2. The summed E-state index contributed by atoms with van der Waals surface area (Å²) in [6.07, 6.45) is 1.29. The van der Waals surface area contributed by atoms with E-state index in [1.165, 1.54) is 7.05 Å². The van der Waals surface area contributed by atoms with Crippen LogP contribution in [0.2, 0.25) is 0 Å². The first-order valence-electron chi connectivity index (χ1n) is 7.55. The Labute approximate surface area is 134 Å². The van der Waals surface area contributed by atoms with Crippen LogP contribution in [-0.2, 0) is 14.4 Å². The Hall–Kier alpha value is -2.41. The number of rotatable bonds is 6. The van der Waals surface area contributed by atoms with Crippen molar-refractivity contribution in [3.05, 3.63) is 35.9 Å². The van der Waals surface area contributed by atoms with Crippen molar-refractivity contribution in [3.63, 3.8) is 0 Å². The summed E-state index contributed by atoms with van der Waals surface area (Å²) in [6, 6.07) is 7.51. The SMILES string of the molecule is CNC(=O)C(NC(=O)CN1CCCC1C(=O)O)c1ccccc1. The molecule has 1 aromatic carbocycles. The number of benzene rings is 1. The molecular weight excluding hydrogens is 298 g/mol. The molecule has 0 radical (unpaired) electrons. The largest absolute Gasteiger partial charge is 0.480 e. The van der Waals surface area contributed by atoms with Gasteiger partial charge in [0.15, 0.2) is 0 Å². The fourth-order valence-electron chi connectivity index (χ4n) is 2.78. The van der Waals surface area contributed by atoms with E-state index in [2.05, 4.69) is 10.6 Å². The van der Waals surface area contributed by atoms with E-state index in [4.69, 9.17) is 5.11 Å². The molecule has 23 heavy (non-hydrogen) atoms. The van der Waals surface area contributed by atoms with Crippen molar-refractivity contribution in [2.45, 2.75) is 24.9 Å². The number of likely N-dealkylation sites (N-methyl/N-ethyl adjacent to an activating group) is 1. The molecular formula is C16H21N3O4. The molecule has 2 unspecified atom stereocenters. The van der Waals surface area contributed by atoms with Crippen LogP contribution in [0, 0.1) is 0 Å². The molecule has 7 heteroatoms. The van der Waals surface area contributed by atoms with Crippen molar-refractivity contribution < 1.29 is 19.5 Å². The maximum absolute atomic E-state index is 12.2. The van der Waals surface area contributed by atoms with Crippen LogP contribution >= 0.6 is 0 Å². The van der Waals surface area contributed by atoms with Gasteiger partial charge in [0, 0.05) is 7.05 Å². The third-order valence-electron chi connectivity index (χ3n) is 3.94. The van der Waals surface area contributed by atoms with Crippen LogP contribution in [0.25, 0.3) is 0 Å². The third kappa shape index (κ3) is 4.29. The lowest BCUT2D eigenvalue weighted by molar-refractivity contribution is -0.142. The number of hydrogen-bond acceptors (Lipinski definition) is 4. The molecule has 2 rings (SSSR count). The number of carboxylic acid groups (broad SMARTS) is 1. The molecule has 1 fully saturated rings. The summed E-state index contributed by atoms with van der Waals surface area (Å²) in [4.78, 5) is 37.1.